The highest BCUT2D eigenvalue weighted by Gasteiger charge is 2.40. The van der Waals surface area contributed by atoms with Crippen molar-refractivity contribution in [2.45, 2.75) is 18.5 Å². The van der Waals surface area contributed by atoms with Crippen LogP contribution in [0.3, 0.4) is 0 Å². The summed E-state index contributed by atoms with van der Waals surface area (Å²) in [5.41, 5.74) is 0.461. The first-order chi connectivity index (χ1) is 14.3. The predicted octanol–water partition coefficient (Wildman–Crippen LogP) is 1.51. The van der Waals surface area contributed by atoms with Gasteiger partial charge in [-0.1, -0.05) is 30.3 Å². The maximum atomic E-state index is 14.2. The molecule has 1 fully saturated rings. The molecule has 0 saturated carbocycles. The number of hydrogen-bond donors (Lipinski definition) is 2. The first-order valence-electron chi connectivity index (χ1n) is 9.18. The van der Waals surface area contributed by atoms with Crippen LogP contribution in [0, 0.1) is 5.82 Å². The lowest BCUT2D eigenvalue weighted by Gasteiger charge is -2.22. The zero-order valence-corrected chi connectivity index (χ0v) is 16.8. The maximum Gasteiger partial charge on any atom is 0.276 e. The number of nitrogens with one attached hydrogen (secondary N) is 2. The molecular weight excluding hydrogens is 411 g/mol. The molecule has 2 N–H and O–H groups in total. The van der Waals surface area contributed by atoms with Gasteiger partial charge in [-0.25, -0.2) is 27.5 Å². The summed E-state index contributed by atoms with van der Waals surface area (Å²) in [5.74, 6) is -0.560. The largest absolute Gasteiger partial charge is 0.325 e. The fourth-order valence-electron chi connectivity index (χ4n) is 3.53. The minimum Gasteiger partial charge on any atom is -0.325 e. The molecule has 4 rings (SSSR count). The summed E-state index contributed by atoms with van der Waals surface area (Å²) in [5, 5.41) is 7.05. The number of likely N-dealkylation sites (tertiary alicyclic amines) is 1. The summed E-state index contributed by atoms with van der Waals surface area (Å²) in [6.45, 7) is 0.0496. The van der Waals surface area contributed by atoms with Crippen LogP contribution in [0.2, 0.25) is 0 Å². The van der Waals surface area contributed by atoms with Crippen molar-refractivity contribution >= 4 is 15.9 Å². The Labute approximate surface area is 172 Å². The molecule has 3 heterocycles. The summed E-state index contributed by atoms with van der Waals surface area (Å²) in [4.78, 5) is 22.7. The Bertz CT molecular complexity index is 1170. The van der Waals surface area contributed by atoms with Crippen LogP contribution in [0.25, 0.3) is 11.4 Å². The number of aromatic nitrogens is 4. The van der Waals surface area contributed by atoms with Gasteiger partial charge in [0.05, 0.1) is 12.3 Å². The number of hydrogen-bond acceptors (Lipinski definition) is 6. The van der Waals surface area contributed by atoms with Gasteiger partial charge < -0.3 is 4.90 Å². The third kappa shape index (κ3) is 4.21. The number of carbonyl (C=O) groups excluding carboxylic acids is 1. The zero-order chi connectivity index (χ0) is 21.3. The molecule has 1 aromatic carbocycles. The lowest BCUT2D eigenvalue weighted by molar-refractivity contribution is 0.0717. The Morgan fingerprint density at radius 2 is 2.00 bits per heavy atom. The minimum atomic E-state index is -3.50. The molecule has 3 aromatic rings. The van der Waals surface area contributed by atoms with Crippen LogP contribution in [-0.4, -0.2) is 58.2 Å². The molecule has 1 aliphatic rings. The van der Waals surface area contributed by atoms with Crippen LogP contribution in [0.1, 0.15) is 28.8 Å². The third-order valence-electron chi connectivity index (χ3n) is 4.75. The SMILES string of the molecule is CS(=O)(=O)NC1CC(c2nc(-c3ccccc3)n[nH]2)N(C(=O)c2ncccc2F)C1. The van der Waals surface area contributed by atoms with E-state index in [0.29, 0.717) is 11.6 Å². The van der Waals surface area contributed by atoms with Crippen LogP contribution in [-0.2, 0) is 10.0 Å². The van der Waals surface area contributed by atoms with Crippen molar-refractivity contribution in [2.75, 3.05) is 12.8 Å². The van der Waals surface area contributed by atoms with E-state index < -0.39 is 33.8 Å². The zero-order valence-electron chi connectivity index (χ0n) is 16.0. The summed E-state index contributed by atoms with van der Waals surface area (Å²) >= 11 is 0. The van der Waals surface area contributed by atoms with Gasteiger partial charge in [0.1, 0.15) is 5.82 Å². The first kappa shape index (κ1) is 20.1. The maximum absolute atomic E-state index is 14.2. The Morgan fingerprint density at radius 3 is 2.70 bits per heavy atom. The van der Waals surface area contributed by atoms with Gasteiger partial charge in [0.2, 0.25) is 10.0 Å². The second kappa shape index (κ2) is 7.92. The van der Waals surface area contributed by atoms with Gasteiger partial charge in [-0.3, -0.25) is 9.89 Å². The quantitative estimate of drug-likeness (QED) is 0.633. The molecule has 2 aromatic heterocycles. The number of pyridine rings is 1. The van der Waals surface area contributed by atoms with E-state index in [2.05, 4.69) is 24.9 Å². The predicted molar refractivity (Wildman–Crippen MR) is 106 cm³/mol. The van der Waals surface area contributed by atoms with E-state index in [-0.39, 0.29) is 18.7 Å². The number of halogens is 1. The molecule has 0 radical (unpaired) electrons. The van der Waals surface area contributed by atoms with Crippen molar-refractivity contribution in [1.82, 2.24) is 29.8 Å². The molecule has 30 heavy (non-hydrogen) atoms. The van der Waals surface area contributed by atoms with Crippen molar-refractivity contribution in [3.05, 3.63) is 66.0 Å². The van der Waals surface area contributed by atoms with E-state index in [1.165, 1.54) is 17.2 Å². The fraction of sp³-hybridized carbons (Fsp3) is 0.263. The van der Waals surface area contributed by atoms with Gasteiger partial charge in [-0.2, -0.15) is 5.10 Å². The highest BCUT2D eigenvalue weighted by molar-refractivity contribution is 7.88. The van der Waals surface area contributed by atoms with Crippen LogP contribution < -0.4 is 4.72 Å². The van der Waals surface area contributed by atoms with Crippen molar-refractivity contribution in [2.24, 2.45) is 0 Å². The van der Waals surface area contributed by atoms with Crippen LogP contribution >= 0.6 is 0 Å². The molecule has 156 valence electrons. The normalized spacial score (nSPS) is 19.2. The molecule has 9 nitrogen and oxygen atoms in total. The second-order valence-electron chi connectivity index (χ2n) is 7.04. The highest BCUT2D eigenvalue weighted by atomic mass is 32.2. The Kier molecular flexibility index (Phi) is 5.31. The molecule has 0 bridgehead atoms. The summed E-state index contributed by atoms with van der Waals surface area (Å²) in [6, 6.07) is 10.7. The molecule has 11 heteroatoms. The molecule has 1 saturated heterocycles. The van der Waals surface area contributed by atoms with Crippen molar-refractivity contribution in [3.63, 3.8) is 0 Å². The standard InChI is InChI=1S/C19H19FN6O3S/c1-30(28,29)25-13-10-15(18-22-17(23-24-18)12-6-3-2-4-7-12)26(11-13)19(27)16-14(20)8-5-9-21-16/h2-9,13,15,25H,10-11H2,1H3,(H,22,23,24). The molecule has 0 aliphatic carbocycles. The van der Waals surface area contributed by atoms with Gasteiger partial charge in [-0.15, -0.1) is 0 Å². The van der Waals surface area contributed by atoms with Gasteiger partial charge in [0.25, 0.3) is 5.91 Å². The average Bonchev–Trinajstić information content (AvgIpc) is 3.34. The smallest absolute Gasteiger partial charge is 0.276 e. The van der Waals surface area contributed by atoms with Gasteiger partial charge >= 0.3 is 0 Å². The van der Waals surface area contributed by atoms with Crippen LogP contribution in [0.5, 0.6) is 0 Å². The fourth-order valence-corrected chi connectivity index (χ4v) is 4.30. The van der Waals surface area contributed by atoms with Gasteiger partial charge in [0, 0.05) is 24.3 Å². The average molecular weight is 430 g/mol. The number of carbonyl (C=O) groups is 1. The van der Waals surface area contributed by atoms with Gasteiger partial charge in [-0.05, 0) is 18.6 Å². The lowest BCUT2D eigenvalue weighted by atomic mass is 10.1. The number of benzene rings is 1. The molecule has 0 spiro atoms. The third-order valence-corrected chi connectivity index (χ3v) is 5.52. The van der Waals surface area contributed by atoms with E-state index in [1.54, 1.807) is 0 Å². The number of amides is 1. The van der Waals surface area contributed by atoms with Crippen LogP contribution in [0.4, 0.5) is 4.39 Å². The number of nitrogens with zero attached hydrogens (tertiary/aromatic N) is 4. The van der Waals surface area contributed by atoms with E-state index in [9.17, 15) is 17.6 Å². The number of H-pyrrole nitrogens is 1. The molecule has 2 unspecified atom stereocenters. The molecular formula is C19H19FN6O3S. The minimum absolute atomic E-state index is 0.0496. The highest BCUT2D eigenvalue weighted by Crippen LogP contribution is 2.32. The number of aromatic amines is 1. The molecule has 1 aliphatic heterocycles. The Hall–Kier alpha value is -3.18. The summed E-state index contributed by atoms with van der Waals surface area (Å²) < 4.78 is 40.1. The number of rotatable bonds is 5. The van der Waals surface area contributed by atoms with E-state index in [1.807, 2.05) is 30.3 Å². The topological polar surface area (TPSA) is 121 Å². The van der Waals surface area contributed by atoms with Crippen molar-refractivity contribution < 1.29 is 17.6 Å². The van der Waals surface area contributed by atoms with E-state index >= 15 is 0 Å². The summed E-state index contributed by atoms with van der Waals surface area (Å²) in [6.07, 6.45) is 2.64. The second-order valence-corrected chi connectivity index (χ2v) is 8.82. The van der Waals surface area contributed by atoms with Crippen LogP contribution in [0.15, 0.2) is 48.7 Å². The summed E-state index contributed by atoms with van der Waals surface area (Å²) in [7, 11) is -3.50. The van der Waals surface area contributed by atoms with Crippen molar-refractivity contribution in [3.8, 4) is 11.4 Å². The van der Waals surface area contributed by atoms with Crippen molar-refractivity contribution in [1.29, 1.82) is 0 Å². The van der Waals surface area contributed by atoms with Gasteiger partial charge in [0.15, 0.2) is 17.3 Å². The van der Waals surface area contributed by atoms with E-state index in [0.717, 1.165) is 17.9 Å². The lowest BCUT2D eigenvalue weighted by Crippen LogP contribution is -2.38. The first-order valence-corrected chi connectivity index (χ1v) is 11.1. The molecule has 1 amide bonds. The monoisotopic (exact) mass is 430 g/mol. The van der Waals surface area contributed by atoms with E-state index in [4.69, 9.17) is 0 Å². The number of sulfonamides is 1. The molecule has 2 atom stereocenters. The Morgan fingerprint density at radius 1 is 1.23 bits per heavy atom. The Balaban J connectivity index is 1.67.